The fourth-order valence-electron chi connectivity index (χ4n) is 1.04. The van der Waals surface area contributed by atoms with Gasteiger partial charge >= 0.3 is 0 Å². The van der Waals surface area contributed by atoms with Crippen LogP contribution in [0.25, 0.3) is 0 Å². The molecule has 0 spiro atoms. The highest BCUT2D eigenvalue weighted by molar-refractivity contribution is 8.16. The summed E-state index contributed by atoms with van der Waals surface area (Å²) in [6.07, 6.45) is 0. The Kier molecular flexibility index (Phi) is 3.08. The highest BCUT2D eigenvalue weighted by Gasteiger charge is 2.27. The lowest BCUT2D eigenvalue weighted by Crippen LogP contribution is -2.20. The second-order valence-electron chi connectivity index (χ2n) is 2.80. The summed E-state index contributed by atoms with van der Waals surface area (Å²) in [5, 5.41) is 9.94. The molecule has 0 aliphatic carbocycles. The van der Waals surface area contributed by atoms with Crippen LogP contribution in [0.1, 0.15) is 0 Å². The summed E-state index contributed by atoms with van der Waals surface area (Å²) in [7, 11) is 0. The Balaban J connectivity index is 2.06. The first-order valence-corrected chi connectivity index (χ1v) is 5.52. The standard InChI is InChI=1S/C9H7N3OS2/c13-9-10-7(14)8(15-9)12-11-6-4-2-1-3-5-6/h1-5,8H,(H,10,13,14). The van der Waals surface area contributed by atoms with Crippen LogP contribution >= 0.6 is 24.0 Å². The minimum absolute atomic E-state index is 0.169. The lowest BCUT2D eigenvalue weighted by atomic mass is 10.3. The molecule has 1 aliphatic heterocycles. The smallest absolute Gasteiger partial charge is 0.286 e. The third kappa shape index (κ3) is 2.60. The van der Waals surface area contributed by atoms with Crippen molar-refractivity contribution in [1.29, 1.82) is 0 Å². The van der Waals surface area contributed by atoms with E-state index in [-0.39, 0.29) is 10.6 Å². The van der Waals surface area contributed by atoms with Gasteiger partial charge in [0.05, 0.1) is 5.69 Å². The molecule has 76 valence electrons. The molecule has 1 heterocycles. The quantitative estimate of drug-likeness (QED) is 0.635. The van der Waals surface area contributed by atoms with E-state index >= 15 is 0 Å². The Hall–Kier alpha value is -1.27. The SMILES string of the molecule is O=C1NC(=S)C(N=Nc2ccccc2)S1. The average Bonchev–Trinajstić information content (AvgIpc) is 2.56. The Morgan fingerprint density at radius 1 is 1.33 bits per heavy atom. The van der Waals surface area contributed by atoms with Crippen molar-refractivity contribution in [3.05, 3.63) is 30.3 Å². The number of nitrogens with zero attached hydrogens (tertiary/aromatic N) is 2. The van der Waals surface area contributed by atoms with Crippen molar-refractivity contribution in [2.75, 3.05) is 0 Å². The largest absolute Gasteiger partial charge is 0.308 e. The van der Waals surface area contributed by atoms with E-state index in [1.165, 1.54) is 0 Å². The maximum Gasteiger partial charge on any atom is 0.286 e. The Bertz CT molecular complexity index is 419. The molecule has 0 bridgehead atoms. The highest BCUT2D eigenvalue weighted by atomic mass is 32.2. The van der Waals surface area contributed by atoms with Crippen molar-refractivity contribution in [3.63, 3.8) is 0 Å². The fraction of sp³-hybridized carbons (Fsp3) is 0.111. The van der Waals surface area contributed by atoms with Crippen LogP contribution < -0.4 is 5.32 Å². The number of thioether (sulfide) groups is 1. The Morgan fingerprint density at radius 3 is 2.67 bits per heavy atom. The number of hydrogen-bond acceptors (Lipinski definition) is 5. The summed E-state index contributed by atoms with van der Waals surface area (Å²) in [5.74, 6) is 0. The molecule has 6 heteroatoms. The van der Waals surface area contributed by atoms with Crippen LogP contribution in [0.4, 0.5) is 10.5 Å². The summed E-state index contributed by atoms with van der Waals surface area (Å²) in [6.45, 7) is 0. The number of carbonyl (C=O) groups excluding carboxylic acids is 1. The van der Waals surface area contributed by atoms with E-state index in [9.17, 15) is 4.79 Å². The summed E-state index contributed by atoms with van der Waals surface area (Å²) in [4.78, 5) is 11.4. The number of thiocarbonyl (C=S) groups is 1. The van der Waals surface area contributed by atoms with Gasteiger partial charge in [0.2, 0.25) is 0 Å². The summed E-state index contributed by atoms with van der Waals surface area (Å²) >= 11 is 5.97. The van der Waals surface area contributed by atoms with Gasteiger partial charge in [0, 0.05) is 0 Å². The van der Waals surface area contributed by atoms with Crippen LogP contribution in [0.15, 0.2) is 40.6 Å². The molecule has 1 aromatic rings. The normalized spacial score (nSPS) is 20.9. The molecule has 2 rings (SSSR count). The van der Waals surface area contributed by atoms with Gasteiger partial charge in [0.1, 0.15) is 4.99 Å². The van der Waals surface area contributed by atoms with Crippen molar-refractivity contribution >= 4 is 39.9 Å². The number of rotatable bonds is 2. The molecule has 0 saturated carbocycles. The third-order valence-corrected chi connectivity index (χ3v) is 3.05. The number of nitrogens with one attached hydrogen (secondary N) is 1. The first-order valence-electron chi connectivity index (χ1n) is 4.23. The van der Waals surface area contributed by atoms with E-state index in [1.807, 2.05) is 30.3 Å². The summed E-state index contributed by atoms with van der Waals surface area (Å²) in [5.41, 5.74) is 0.750. The molecule has 15 heavy (non-hydrogen) atoms. The number of azo groups is 1. The molecule has 4 nitrogen and oxygen atoms in total. The van der Waals surface area contributed by atoms with Crippen molar-refractivity contribution in [3.8, 4) is 0 Å². The third-order valence-electron chi connectivity index (χ3n) is 1.70. The van der Waals surface area contributed by atoms with Gasteiger partial charge in [-0.2, -0.15) is 10.2 Å². The van der Waals surface area contributed by atoms with Crippen molar-refractivity contribution in [2.24, 2.45) is 10.2 Å². The molecule has 1 N–H and O–H groups in total. The van der Waals surface area contributed by atoms with Gasteiger partial charge in [0.25, 0.3) is 5.24 Å². The van der Waals surface area contributed by atoms with Gasteiger partial charge in [-0.25, -0.2) is 0 Å². The Morgan fingerprint density at radius 2 is 2.07 bits per heavy atom. The van der Waals surface area contributed by atoms with E-state index in [0.717, 1.165) is 17.4 Å². The fourth-order valence-corrected chi connectivity index (χ4v) is 2.02. The molecule has 1 fully saturated rings. The molecule has 1 amide bonds. The van der Waals surface area contributed by atoms with Gasteiger partial charge in [0.15, 0.2) is 5.37 Å². The van der Waals surface area contributed by atoms with Crippen LogP contribution in [0.5, 0.6) is 0 Å². The maximum absolute atomic E-state index is 10.9. The first-order chi connectivity index (χ1) is 7.25. The lowest BCUT2D eigenvalue weighted by molar-refractivity contribution is 0.265. The zero-order valence-electron chi connectivity index (χ0n) is 7.58. The van der Waals surface area contributed by atoms with Gasteiger partial charge in [-0.05, 0) is 23.9 Å². The van der Waals surface area contributed by atoms with Gasteiger partial charge in [-0.3, -0.25) is 4.79 Å². The molecule has 1 aliphatic rings. The average molecular weight is 237 g/mol. The van der Waals surface area contributed by atoms with Crippen molar-refractivity contribution in [2.45, 2.75) is 5.37 Å². The number of benzene rings is 1. The van der Waals surface area contributed by atoms with Crippen LogP contribution in [0, 0.1) is 0 Å². The molecular formula is C9H7N3OS2. The van der Waals surface area contributed by atoms with Crippen LogP contribution in [0.3, 0.4) is 0 Å². The molecule has 0 radical (unpaired) electrons. The number of carbonyl (C=O) groups is 1. The lowest BCUT2D eigenvalue weighted by Gasteiger charge is -1.97. The van der Waals surface area contributed by atoms with Gasteiger partial charge in [-0.15, -0.1) is 0 Å². The molecule has 0 aromatic heterocycles. The second kappa shape index (κ2) is 4.50. The molecule has 1 atom stereocenters. The second-order valence-corrected chi connectivity index (χ2v) is 4.29. The molecule has 1 saturated heterocycles. The van der Waals surface area contributed by atoms with Crippen molar-refractivity contribution in [1.82, 2.24) is 5.32 Å². The van der Waals surface area contributed by atoms with E-state index in [2.05, 4.69) is 15.5 Å². The van der Waals surface area contributed by atoms with Crippen LogP contribution in [-0.2, 0) is 0 Å². The maximum atomic E-state index is 10.9. The summed E-state index contributed by atoms with van der Waals surface area (Å²) < 4.78 is 0. The molecule has 1 unspecified atom stereocenters. The zero-order chi connectivity index (χ0) is 10.7. The predicted octanol–water partition coefficient (Wildman–Crippen LogP) is 2.88. The number of amides is 1. The minimum Gasteiger partial charge on any atom is -0.308 e. The summed E-state index contributed by atoms with van der Waals surface area (Å²) in [6, 6.07) is 9.32. The first kappa shape index (κ1) is 10.3. The van der Waals surface area contributed by atoms with E-state index in [0.29, 0.717) is 4.99 Å². The monoisotopic (exact) mass is 237 g/mol. The topological polar surface area (TPSA) is 53.8 Å². The number of hydrogen-bond donors (Lipinski definition) is 1. The zero-order valence-corrected chi connectivity index (χ0v) is 9.22. The van der Waals surface area contributed by atoms with E-state index in [1.54, 1.807) is 0 Å². The Labute approximate surface area is 96.2 Å². The van der Waals surface area contributed by atoms with Crippen LogP contribution in [0.2, 0.25) is 0 Å². The van der Waals surface area contributed by atoms with Gasteiger partial charge < -0.3 is 5.32 Å². The van der Waals surface area contributed by atoms with E-state index < -0.39 is 0 Å². The van der Waals surface area contributed by atoms with Crippen LogP contribution in [-0.4, -0.2) is 15.6 Å². The predicted molar refractivity (Wildman–Crippen MR) is 63.5 cm³/mol. The van der Waals surface area contributed by atoms with E-state index in [4.69, 9.17) is 12.2 Å². The van der Waals surface area contributed by atoms with Gasteiger partial charge in [-0.1, -0.05) is 30.4 Å². The highest BCUT2D eigenvalue weighted by Crippen LogP contribution is 2.23. The molecule has 1 aromatic carbocycles. The van der Waals surface area contributed by atoms with Crippen molar-refractivity contribution < 1.29 is 4.79 Å². The minimum atomic E-state index is -0.382. The molecular weight excluding hydrogens is 230 g/mol.